The summed E-state index contributed by atoms with van der Waals surface area (Å²) < 4.78 is 18.6. The summed E-state index contributed by atoms with van der Waals surface area (Å²) in [6.45, 7) is 5.33. The van der Waals surface area contributed by atoms with E-state index in [4.69, 9.17) is 4.74 Å². The molecule has 1 heterocycles. The number of ether oxygens (including phenoxy) is 1. The highest BCUT2D eigenvalue weighted by atomic mass is 32.1. The standard InChI is InChI=1S/C17H23FN4OS/c1-11-12(2)24-16(22-11)7-8-20-17(19-3)21-10-13-5-6-15(23-4)14(18)9-13/h5-6,9H,7-8,10H2,1-4H3,(H2,19,20,21). The summed E-state index contributed by atoms with van der Waals surface area (Å²) in [5.74, 6) is 0.556. The molecule has 1 aromatic heterocycles. The highest BCUT2D eigenvalue weighted by Crippen LogP contribution is 2.17. The van der Waals surface area contributed by atoms with Gasteiger partial charge < -0.3 is 15.4 Å². The van der Waals surface area contributed by atoms with Crippen LogP contribution in [-0.4, -0.2) is 31.6 Å². The molecule has 7 heteroatoms. The Labute approximate surface area is 146 Å². The lowest BCUT2D eigenvalue weighted by atomic mass is 10.2. The molecule has 0 unspecified atom stereocenters. The Hall–Kier alpha value is -2.15. The molecular weight excluding hydrogens is 327 g/mol. The monoisotopic (exact) mass is 350 g/mol. The minimum absolute atomic E-state index is 0.246. The van der Waals surface area contributed by atoms with Gasteiger partial charge in [0.2, 0.25) is 0 Å². The fourth-order valence-electron chi connectivity index (χ4n) is 2.16. The summed E-state index contributed by atoms with van der Waals surface area (Å²) in [4.78, 5) is 9.95. The maximum atomic E-state index is 13.7. The first-order chi connectivity index (χ1) is 11.5. The number of guanidine groups is 1. The zero-order valence-electron chi connectivity index (χ0n) is 14.4. The number of rotatable bonds is 6. The second kappa shape index (κ2) is 8.63. The van der Waals surface area contributed by atoms with Gasteiger partial charge in [0.15, 0.2) is 17.5 Å². The topological polar surface area (TPSA) is 58.5 Å². The van der Waals surface area contributed by atoms with E-state index in [1.165, 1.54) is 18.1 Å². The van der Waals surface area contributed by atoms with Crippen molar-refractivity contribution in [1.29, 1.82) is 0 Å². The number of nitrogens with one attached hydrogen (secondary N) is 2. The molecule has 0 fully saturated rings. The summed E-state index contributed by atoms with van der Waals surface area (Å²) in [7, 11) is 3.16. The molecule has 2 rings (SSSR count). The van der Waals surface area contributed by atoms with Crippen molar-refractivity contribution in [3.05, 3.63) is 45.2 Å². The van der Waals surface area contributed by atoms with Crippen molar-refractivity contribution in [2.45, 2.75) is 26.8 Å². The van der Waals surface area contributed by atoms with Gasteiger partial charge in [0.05, 0.1) is 17.8 Å². The van der Waals surface area contributed by atoms with Crippen LogP contribution in [0.1, 0.15) is 21.1 Å². The lowest BCUT2D eigenvalue weighted by Crippen LogP contribution is -2.37. The lowest BCUT2D eigenvalue weighted by Gasteiger charge is -2.12. The molecule has 0 aliphatic carbocycles. The van der Waals surface area contributed by atoms with E-state index >= 15 is 0 Å². The Morgan fingerprint density at radius 2 is 2.12 bits per heavy atom. The molecule has 2 aromatic rings. The summed E-state index contributed by atoms with van der Waals surface area (Å²) in [5, 5.41) is 7.52. The van der Waals surface area contributed by atoms with Gasteiger partial charge in [-0.25, -0.2) is 9.37 Å². The number of nitrogens with zero attached hydrogens (tertiary/aromatic N) is 2. The molecule has 24 heavy (non-hydrogen) atoms. The number of halogens is 1. The maximum absolute atomic E-state index is 13.7. The van der Waals surface area contributed by atoms with Gasteiger partial charge in [0, 0.05) is 31.4 Å². The fourth-order valence-corrected chi connectivity index (χ4v) is 3.09. The van der Waals surface area contributed by atoms with E-state index in [0.29, 0.717) is 12.5 Å². The number of hydrogen-bond acceptors (Lipinski definition) is 4. The predicted molar refractivity (Wildman–Crippen MR) is 96.4 cm³/mol. The Kier molecular flexibility index (Phi) is 6.54. The number of hydrogen-bond donors (Lipinski definition) is 2. The quantitative estimate of drug-likeness (QED) is 0.621. The van der Waals surface area contributed by atoms with Gasteiger partial charge in [-0.2, -0.15) is 0 Å². The largest absolute Gasteiger partial charge is 0.494 e. The molecule has 2 N–H and O–H groups in total. The van der Waals surface area contributed by atoms with E-state index in [-0.39, 0.29) is 11.6 Å². The van der Waals surface area contributed by atoms with Gasteiger partial charge in [-0.3, -0.25) is 4.99 Å². The average molecular weight is 350 g/mol. The van der Waals surface area contributed by atoms with Crippen molar-refractivity contribution >= 4 is 17.3 Å². The maximum Gasteiger partial charge on any atom is 0.191 e. The highest BCUT2D eigenvalue weighted by molar-refractivity contribution is 7.11. The Morgan fingerprint density at radius 3 is 2.71 bits per heavy atom. The summed E-state index contributed by atoms with van der Waals surface area (Å²) in [6, 6.07) is 4.90. The molecule has 0 saturated carbocycles. The second-order valence-electron chi connectivity index (χ2n) is 5.32. The van der Waals surface area contributed by atoms with Crippen LogP contribution in [0.4, 0.5) is 4.39 Å². The SMILES string of the molecule is CN=C(NCCc1nc(C)c(C)s1)NCc1ccc(OC)c(F)c1. The van der Waals surface area contributed by atoms with Crippen LogP contribution < -0.4 is 15.4 Å². The Morgan fingerprint density at radius 1 is 1.33 bits per heavy atom. The molecule has 0 saturated heterocycles. The zero-order valence-corrected chi connectivity index (χ0v) is 15.3. The number of aromatic nitrogens is 1. The average Bonchev–Trinajstić information content (AvgIpc) is 2.89. The van der Waals surface area contributed by atoms with Crippen molar-refractivity contribution in [2.75, 3.05) is 20.7 Å². The van der Waals surface area contributed by atoms with Crippen LogP contribution in [0.3, 0.4) is 0 Å². The minimum Gasteiger partial charge on any atom is -0.494 e. The molecule has 0 atom stereocenters. The van der Waals surface area contributed by atoms with Crippen molar-refractivity contribution in [2.24, 2.45) is 4.99 Å². The van der Waals surface area contributed by atoms with Gasteiger partial charge in [-0.1, -0.05) is 6.07 Å². The van der Waals surface area contributed by atoms with E-state index in [1.54, 1.807) is 24.5 Å². The summed E-state index contributed by atoms with van der Waals surface area (Å²) in [6.07, 6.45) is 0.844. The van der Waals surface area contributed by atoms with Crippen LogP contribution in [0.25, 0.3) is 0 Å². The number of benzene rings is 1. The van der Waals surface area contributed by atoms with E-state index in [1.807, 2.05) is 13.0 Å². The third-order valence-electron chi connectivity index (χ3n) is 3.60. The predicted octanol–water partition coefficient (Wildman–Crippen LogP) is 2.82. The van der Waals surface area contributed by atoms with Gasteiger partial charge in [-0.15, -0.1) is 11.3 Å². The molecule has 0 spiro atoms. The van der Waals surface area contributed by atoms with Crippen LogP contribution in [0.5, 0.6) is 5.75 Å². The molecule has 0 amide bonds. The van der Waals surface area contributed by atoms with Crippen LogP contribution in [0, 0.1) is 19.7 Å². The van der Waals surface area contributed by atoms with Crippen molar-refractivity contribution < 1.29 is 9.13 Å². The van der Waals surface area contributed by atoms with Gasteiger partial charge in [0.1, 0.15) is 0 Å². The third kappa shape index (κ3) is 4.92. The van der Waals surface area contributed by atoms with Crippen LogP contribution in [0.2, 0.25) is 0 Å². The summed E-state index contributed by atoms with van der Waals surface area (Å²) >= 11 is 1.72. The first-order valence-electron chi connectivity index (χ1n) is 7.73. The first kappa shape index (κ1) is 18.2. The van der Waals surface area contributed by atoms with Crippen LogP contribution in [0.15, 0.2) is 23.2 Å². The number of methoxy groups -OCH3 is 1. The Balaban J connectivity index is 1.81. The van der Waals surface area contributed by atoms with Gasteiger partial charge in [0.25, 0.3) is 0 Å². The van der Waals surface area contributed by atoms with Crippen molar-refractivity contribution in [3.63, 3.8) is 0 Å². The first-order valence-corrected chi connectivity index (χ1v) is 8.55. The van der Waals surface area contributed by atoms with Crippen molar-refractivity contribution in [1.82, 2.24) is 15.6 Å². The molecule has 0 aliphatic heterocycles. The normalized spacial score (nSPS) is 11.5. The van der Waals surface area contributed by atoms with E-state index in [0.717, 1.165) is 29.2 Å². The highest BCUT2D eigenvalue weighted by Gasteiger charge is 2.06. The molecule has 1 aromatic carbocycles. The smallest absolute Gasteiger partial charge is 0.191 e. The molecular formula is C17H23FN4OS. The summed E-state index contributed by atoms with van der Waals surface area (Å²) in [5.41, 5.74) is 1.92. The third-order valence-corrected chi connectivity index (χ3v) is 4.74. The van der Waals surface area contributed by atoms with E-state index in [9.17, 15) is 4.39 Å². The molecule has 0 radical (unpaired) electrons. The number of thiazole rings is 1. The number of aliphatic imine (C=N–C) groups is 1. The minimum atomic E-state index is -0.366. The van der Waals surface area contributed by atoms with E-state index < -0.39 is 0 Å². The fraction of sp³-hybridized carbons (Fsp3) is 0.412. The second-order valence-corrected chi connectivity index (χ2v) is 6.61. The number of aryl methyl sites for hydroxylation is 2. The van der Waals surface area contributed by atoms with Crippen LogP contribution >= 0.6 is 11.3 Å². The van der Waals surface area contributed by atoms with Crippen LogP contribution in [-0.2, 0) is 13.0 Å². The van der Waals surface area contributed by atoms with E-state index in [2.05, 4.69) is 27.5 Å². The molecule has 0 bridgehead atoms. The molecule has 130 valence electrons. The van der Waals surface area contributed by atoms with Crippen molar-refractivity contribution in [3.8, 4) is 5.75 Å². The lowest BCUT2D eigenvalue weighted by molar-refractivity contribution is 0.386. The van der Waals surface area contributed by atoms with Gasteiger partial charge >= 0.3 is 0 Å². The molecule has 0 aliphatic rings. The Bertz CT molecular complexity index is 695. The molecule has 5 nitrogen and oxygen atoms in total. The zero-order chi connectivity index (χ0) is 17.5. The van der Waals surface area contributed by atoms with Gasteiger partial charge in [-0.05, 0) is 31.5 Å².